The molecule has 0 radical (unpaired) electrons. The zero-order chi connectivity index (χ0) is 14.9. The molecule has 0 aliphatic carbocycles. The van der Waals surface area contributed by atoms with Crippen LogP contribution in [0.1, 0.15) is 28.3 Å². The first kappa shape index (κ1) is 14.6. The fourth-order valence-corrected chi connectivity index (χ4v) is 2.32. The van der Waals surface area contributed by atoms with Crippen molar-refractivity contribution in [3.8, 4) is 0 Å². The van der Waals surface area contributed by atoms with Crippen molar-refractivity contribution in [3.63, 3.8) is 0 Å². The Balaban J connectivity index is 2.58. The second-order valence-electron chi connectivity index (χ2n) is 4.80. The van der Waals surface area contributed by atoms with Crippen LogP contribution < -0.4 is 5.32 Å². The highest BCUT2D eigenvalue weighted by molar-refractivity contribution is 5.41. The van der Waals surface area contributed by atoms with Crippen LogP contribution in [0.2, 0.25) is 0 Å². The molecule has 0 heterocycles. The first-order valence-corrected chi connectivity index (χ1v) is 6.33. The van der Waals surface area contributed by atoms with E-state index in [0.29, 0.717) is 6.07 Å². The summed E-state index contributed by atoms with van der Waals surface area (Å²) in [6, 6.07) is 6.63. The van der Waals surface area contributed by atoms with Crippen LogP contribution in [0.4, 0.5) is 13.2 Å². The molecular weight excluding hydrogens is 263 g/mol. The molecule has 1 N–H and O–H groups in total. The van der Waals surface area contributed by atoms with Crippen LogP contribution in [0.3, 0.4) is 0 Å². The molecule has 2 aromatic carbocycles. The average Bonchev–Trinajstić information content (AvgIpc) is 2.41. The Morgan fingerprint density at radius 2 is 1.55 bits per heavy atom. The molecule has 0 saturated carbocycles. The maximum Gasteiger partial charge on any atom is 0.161 e. The Morgan fingerprint density at radius 1 is 0.900 bits per heavy atom. The van der Waals surface area contributed by atoms with Crippen molar-refractivity contribution >= 4 is 0 Å². The first-order valence-electron chi connectivity index (χ1n) is 6.33. The minimum Gasteiger partial charge on any atom is -0.309 e. The SMILES string of the molecule is CNC(c1cc(F)c(F)cc1F)c1cccc(C)c1C. The van der Waals surface area contributed by atoms with E-state index in [9.17, 15) is 13.2 Å². The zero-order valence-electron chi connectivity index (χ0n) is 11.6. The summed E-state index contributed by atoms with van der Waals surface area (Å²) in [5.41, 5.74) is 3.00. The van der Waals surface area contributed by atoms with Crippen LogP contribution >= 0.6 is 0 Å². The van der Waals surface area contributed by atoms with Crippen LogP contribution in [0, 0.1) is 31.3 Å². The van der Waals surface area contributed by atoms with Gasteiger partial charge in [0.2, 0.25) is 0 Å². The molecule has 4 heteroatoms. The number of benzene rings is 2. The van der Waals surface area contributed by atoms with E-state index in [0.717, 1.165) is 22.8 Å². The van der Waals surface area contributed by atoms with Gasteiger partial charge < -0.3 is 5.32 Å². The van der Waals surface area contributed by atoms with E-state index >= 15 is 0 Å². The van der Waals surface area contributed by atoms with E-state index in [-0.39, 0.29) is 5.56 Å². The summed E-state index contributed by atoms with van der Waals surface area (Å²) < 4.78 is 40.4. The molecule has 0 bridgehead atoms. The normalized spacial score (nSPS) is 12.5. The van der Waals surface area contributed by atoms with Crippen LogP contribution in [0.5, 0.6) is 0 Å². The highest BCUT2D eigenvalue weighted by Crippen LogP contribution is 2.29. The van der Waals surface area contributed by atoms with Gasteiger partial charge in [-0.2, -0.15) is 0 Å². The molecule has 0 amide bonds. The number of nitrogens with one attached hydrogen (secondary N) is 1. The summed E-state index contributed by atoms with van der Waals surface area (Å²) >= 11 is 0. The summed E-state index contributed by atoms with van der Waals surface area (Å²) in [5, 5.41) is 2.96. The predicted octanol–water partition coefficient (Wildman–Crippen LogP) is 4.03. The molecule has 0 aliphatic heterocycles. The van der Waals surface area contributed by atoms with Gasteiger partial charge in [0.05, 0.1) is 6.04 Å². The van der Waals surface area contributed by atoms with Gasteiger partial charge in [0, 0.05) is 11.6 Å². The minimum absolute atomic E-state index is 0.0973. The average molecular weight is 279 g/mol. The maximum atomic E-state index is 13.9. The van der Waals surface area contributed by atoms with Gasteiger partial charge in [-0.15, -0.1) is 0 Å². The van der Waals surface area contributed by atoms with E-state index in [1.54, 1.807) is 7.05 Å². The molecule has 2 rings (SSSR count). The molecule has 1 nitrogen and oxygen atoms in total. The van der Waals surface area contributed by atoms with Gasteiger partial charge in [-0.05, 0) is 43.7 Å². The number of halogens is 3. The van der Waals surface area contributed by atoms with Gasteiger partial charge in [-0.1, -0.05) is 18.2 Å². The van der Waals surface area contributed by atoms with Crippen molar-refractivity contribution in [1.29, 1.82) is 0 Å². The Kier molecular flexibility index (Phi) is 4.14. The summed E-state index contributed by atoms with van der Waals surface area (Å²) in [4.78, 5) is 0. The molecular formula is C16H16F3N. The van der Waals surface area contributed by atoms with Crippen molar-refractivity contribution in [1.82, 2.24) is 5.32 Å². The summed E-state index contributed by atoms with van der Waals surface area (Å²) in [5.74, 6) is -2.99. The third-order valence-electron chi connectivity index (χ3n) is 3.60. The lowest BCUT2D eigenvalue weighted by atomic mass is 9.92. The molecule has 0 aliphatic rings. The molecule has 106 valence electrons. The van der Waals surface area contributed by atoms with Gasteiger partial charge in [0.25, 0.3) is 0 Å². The van der Waals surface area contributed by atoms with Crippen molar-refractivity contribution in [2.75, 3.05) is 7.05 Å². The molecule has 0 saturated heterocycles. The fourth-order valence-electron chi connectivity index (χ4n) is 2.32. The van der Waals surface area contributed by atoms with Crippen LogP contribution in [-0.4, -0.2) is 7.05 Å². The highest BCUT2D eigenvalue weighted by Gasteiger charge is 2.21. The van der Waals surface area contributed by atoms with Gasteiger partial charge in [-0.3, -0.25) is 0 Å². The van der Waals surface area contributed by atoms with E-state index in [1.165, 1.54) is 0 Å². The summed E-state index contributed by atoms with van der Waals surface area (Å²) in [7, 11) is 1.66. The minimum atomic E-state index is -1.18. The standard InChI is InChI=1S/C16H16F3N/c1-9-5-4-6-11(10(9)2)16(20-3)12-7-14(18)15(19)8-13(12)17/h4-8,16,20H,1-3H3. The zero-order valence-corrected chi connectivity index (χ0v) is 11.6. The van der Waals surface area contributed by atoms with E-state index < -0.39 is 23.5 Å². The lowest BCUT2D eigenvalue weighted by Crippen LogP contribution is -2.20. The highest BCUT2D eigenvalue weighted by atomic mass is 19.2. The van der Waals surface area contributed by atoms with E-state index in [4.69, 9.17) is 0 Å². The smallest absolute Gasteiger partial charge is 0.161 e. The van der Waals surface area contributed by atoms with E-state index in [1.807, 2.05) is 32.0 Å². The molecule has 0 spiro atoms. The fraction of sp³-hybridized carbons (Fsp3) is 0.250. The molecule has 1 atom stereocenters. The largest absolute Gasteiger partial charge is 0.309 e. The van der Waals surface area contributed by atoms with Gasteiger partial charge >= 0.3 is 0 Å². The third kappa shape index (κ3) is 2.56. The number of rotatable bonds is 3. The monoisotopic (exact) mass is 279 g/mol. The molecule has 20 heavy (non-hydrogen) atoms. The summed E-state index contributed by atoms with van der Waals surface area (Å²) in [6.45, 7) is 3.87. The number of hydrogen-bond acceptors (Lipinski definition) is 1. The lowest BCUT2D eigenvalue weighted by molar-refractivity contribution is 0.483. The first-order chi connectivity index (χ1) is 9.45. The third-order valence-corrected chi connectivity index (χ3v) is 3.60. The van der Waals surface area contributed by atoms with Crippen molar-refractivity contribution in [2.45, 2.75) is 19.9 Å². The topological polar surface area (TPSA) is 12.0 Å². The van der Waals surface area contributed by atoms with Crippen LogP contribution in [0.25, 0.3) is 0 Å². The maximum absolute atomic E-state index is 13.9. The van der Waals surface area contributed by atoms with Gasteiger partial charge in [0.1, 0.15) is 5.82 Å². The predicted molar refractivity (Wildman–Crippen MR) is 73.1 cm³/mol. The lowest BCUT2D eigenvalue weighted by Gasteiger charge is -2.21. The van der Waals surface area contributed by atoms with Crippen LogP contribution in [-0.2, 0) is 0 Å². The van der Waals surface area contributed by atoms with Crippen LogP contribution in [0.15, 0.2) is 30.3 Å². The van der Waals surface area contributed by atoms with Crippen molar-refractivity contribution in [3.05, 3.63) is 70.0 Å². The van der Waals surface area contributed by atoms with Crippen molar-refractivity contribution < 1.29 is 13.2 Å². The Hall–Kier alpha value is -1.81. The Bertz CT molecular complexity index is 638. The Labute approximate surface area is 116 Å². The Morgan fingerprint density at radius 3 is 2.20 bits per heavy atom. The second-order valence-corrected chi connectivity index (χ2v) is 4.80. The van der Waals surface area contributed by atoms with Crippen molar-refractivity contribution in [2.24, 2.45) is 0 Å². The molecule has 2 aromatic rings. The summed E-state index contributed by atoms with van der Waals surface area (Å²) in [6.07, 6.45) is 0. The van der Waals surface area contributed by atoms with E-state index in [2.05, 4.69) is 5.32 Å². The number of hydrogen-bond donors (Lipinski definition) is 1. The number of aryl methyl sites for hydroxylation is 1. The second kappa shape index (κ2) is 5.67. The quantitative estimate of drug-likeness (QED) is 0.836. The molecule has 0 fully saturated rings. The van der Waals surface area contributed by atoms with Gasteiger partial charge in [0.15, 0.2) is 11.6 Å². The molecule has 0 aromatic heterocycles. The molecule has 1 unspecified atom stereocenters. The van der Waals surface area contributed by atoms with Gasteiger partial charge in [-0.25, -0.2) is 13.2 Å².